The van der Waals surface area contributed by atoms with Gasteiger partial charge in [0.1, 0.15) is 17.9 Å². The lowest BCUT2D eigenvalue weighted by atomic mass is 10.1. The van der Waals surface area contributed by atoms with E-state index >= 15 is 0 Å². The number of aromatic carboxylic acids is 1. The first-order valence-corrected chi connectivity index (χ1v) is 4.43. The van der Waals surface area contributed by atoms with Crippen molar-refractivity contribution in [3.63, 3.8) is 0 Å². The van der Waals surface area contributed by atoms with Crippen molar-refractivity contribution in [3.05, 3.63) is 17.0 Å². The summed E-state index contributed by atoms with van der Waals surface area (Å²) in [7, 11) is 0. The second kappa shape index (κ2) is 4.86. The fourth-order valence-electron chi connectivity index (χ4n) is 1.25. The summed E-state index contributed by atoms with van der Waals surface area (Å²) in [6.45, 7) is -1.85. The minimum absolute atomic E-state index is 1.42. The summed E-state index contributed by atoms with van der Waals surface area (Å²) < 4.78 is 75.3. The molecule has 0 aliphatic carbocycles. The van der Waals surface area contributed by atoms with E-state index in [9.17, 15) is 31.1 Å². The molecule has 0 saturated heterocycles. The molecule has 1 aromatic rings. The van der Waals surface area contributed by atoms with Crippen LogP contribution in [0.1, 0.15) is 27.9 Å². The highest BCUT2D eigenvalue weighted by atomic mass is 19.4. The maximum atomic E-state index is 13.2. The number of hydrogen-bond donors (Lipinski definition) is 2. The average Bonchev–Trinajstić information content (AvgIpc) is 2.71. The van der Waals surface area contributed by atoms with Gasteiger partial charge < -0.3 is 5.11 Å². The molecule has 2 unspecified atom stereocenters. The number of nitrogens with zero attached hydrogens (tertiary/aromatic N) is 1. The maximum absolute atomic E-state index is 13.2. The summed E-state index contributed by atoms with van der Waals surface area (Å²) in [5.41, 5.74) is -4.88. The first-order valence-electron chi connectivity index (χ1n) is 4.43. The van der Waals surface area contributed by atoms with E-state index in [0.717, 1.165) is 0 Å². The molecule has 0 bridgehead atoms. The molecule has 1 rings (SSSR count). The van der Waals surface area contributed by atoms with Crippen LogP contribution in [-0.2, 0) is 6.18 Å². The standard InChI is InChI=1S/C8H6F6N2O2/c9-1-2(10)4(11)5-3(8(12,13)14)6(7(17)18)16-15-5/h2,4H,1H2,(H,15,16)(H,17,18). The monoisotopic (exact) mass is 276 g/mol. The van der Waals surface area contributed by atoms with Gasteiger partial charge in [-0.2, -0.15) is 18.3 Å². The summed E-state index contributed by atoms with van der Waals surface area (Å²) in [5, 5.41) is 12.7. The number of rotatable bonds is 4. The Balaban J connectivity index is 3.34. The highest BCUT2D eigenvalue weighted by Gasteiger charge is 2.44. The van der Waals surface area contributed by atoms with Gasteiger partial charge in [-0.3, -0.25) is 5.10 Å². The second-order valence-corrected chi connectivity index (χ2v) is 3.23. The number of carboxylic acids is 1. The van der Waals surface area contributed by atoms with Gasteiger partial charge >= 0.3 is 12.1 Å². The van der Waals surface area contributed by atoms with Gasteiger partial charge in [-0.05, 0) is 0 Å². The quantitative estimate of drug-likeness (QED) is 0.830. The van der Waals surface area contributed by atoms with E-state index in [-0.39, 0.29) is 0 Å². The number of hydrogen-bond acceptors (Lipinski definition) is 2. The Hall–Kier alpha value is -1.74. The third-order valence-electron chi connectivity index (χ3n) is 2.02. The van der Waals surface area contributed by atoms with Gasteiger partial charge in [-0.1, -0.05) is 0 Å². The molecule has 0 amide bonds. The molecule has 10 heteroatoms. The van der Waals surface area contributed by atoms with Gasteiger partial charge in [-0.25, -0.2) is 18.0 Å². The number of H-pyrrole nitrogens is 1. The van der Waals surface area contributed by atoms with Crippen molar-refractivity contribution in [2.24, 2.45) is 0 Å². The van der Waals surface area contributed by atoms with E-state index in [1.807, 2.05) is 0 Å². The topological polar surface area (TPSA) is 66.0 Å². The van der Waals surface area contributed by atoms with Crippen molar-refractivity contribution in [2.45, 2.75) is 18.5 Å². The molecule has 2 atom stereocenters. The summed E-state index contributed by atoms with van der Waals surface area (Å²) in [6, 6.07) is 0. The third kappa shape index (κ3) is 2.57. The summed E-state index contributed by atoms with van der Waals surface area (Å²) in [6.07, 6.45) is -11.1. The number of halogens is 6. The van der Waals surface area contributed by atoms with Gasteiger partial charge in [0.25, 0.3) is 0 Å². The van der Waals surface area contributed by atoms with Crippen LogP contribution in [0.2, 0.25) is 0 Å². The van der Waals surface area contributed by atoms with Crippen LogP contribution < -0.4 is 0 Å². The largest absolute Gasteiger partial charge is 0.477 e. The minimum atomic E-state index is -5.25. The van der Waals surface area contributed by atoms with Crippen LogP contribution in [0.15, 0.2) is 0 Å². The summed E-state index contributed by atoms with van der Waals surface area (Å²) in [4.78, 5) is 10.5. The Kier molecular flexibility index (Phi) is 3.87. The minimum Gasteiger partial charge on any atom is -0.477 e. The Morgan fingerprint density at radius 2 is 1.94 bits per heavy atom. The lowest BCUT2D eigenvalue weighted by Crippen LogP contribution is -2.19. The highest BCUT2D eigenvalue weighted by Crippen LogP contribution is 2.38. The Labute approximate surface area is 95.6 Å². The molecular weight excluding hydrogens is 270 g/mol. The molecule has 0 aliphatic rings. The van der Waals surface area contributed by atoms with Crippen LogP contribution in [-0.4, -0.2) is 34.1 Å². The first-order chi connectivity index (χ1) is 8.20. The summed E-state index contributed by atoms with van der Waals surface area (Å²) >= 11 is 0. The van der Waals surface area contributed by atoms with Crippen LogP contribution in [0.5, 0.6) is 0 Å². The second-order valence-electron chi connectivity index (χ2n) is 3.23. The van der Waals surface area contributed by atoms with Crippen molar-refractivity contribution in [2.75, 3.05) is 6.67 Å². The molecule has 1 aromatic heterocycles. The highest BCUT2D eigenvalue weighted by molar-refractivity contribution is 5.87. The molecule has 102 valence electrons. The fourth-order valence-corrected chi connectivity index (χ4v) is 1.25. The van der Waals surface area contributed by atoms with Crippen LogP contribution >= 0.6 is 0 Å². The van der Waals surface area contributed by atoms with E-state index in [2.05, 4.69) is 5.10 Å². The average molecular weight is 276 g/mol. The number of carbonyl (C=O) groups is 1. The van der Waals surface area contributed by atoms with E-state index in [0.29, 0.717) is 0 Å². The molecule has 0 radical (unpaired) electrons. The zero-order valence-corrected chi connectivity index (χ0v) is 8.43. The van der Waals surface area contributed by atoms with Crippen molar-refractivity contribution >= 4 is 5.97 Å². The van der Waals surface area contributed by atoms with Gasteiger partial charge in [0.05, 0.1) is 0 Å². The number of aromatic nitrogens is 2. The summed E-state index contributed by atoms with van der Waals surface area (Å²) in [5.74, 6) is -2.04. The van der Waals surface area contributed by atoms with Crippen molar-refractivity contribution in [3.8, 4) is 0 Å². The van der Waals surface area contributed by atoms with Crippen LogP contribution in [0, 0.1) is 0 Å². The van der Waals surface area contributed by atoms with Crippen molar-refractivity contribution in [1.29, 1.82) is 0 Å². The molecule has 0 aliphatic heterocycles. The molecule has 0 saturated carbocycles. The van der Waals surface area contributed by atoms with Gasteiger partial charge in [0, 0.05) is 0 Å². The van der Waals surface area contributed by atoms with Gasteiger partial charge in [0.15, 0.2) is 18.0 Å². The number of carboxylic acid groups (broad SMARTS) is 1. The van der Waals surface area contributed by atoms with Gasteiger partial charge in [-0.15, -0.1) is 0 Å². The molecule has 0 fully saturated rings. The zero-order valence-electron chi connectivity index (χ0n) is 8.43. The number of alkyl halides is 6. The molecule has 18 heavy (non-hydrogen) atoms. The van der Waals surface area contributed by atoms with E-state index in [1.54, 1.807) is 0 Å². The van der Waals surface area contributed by atoms with Crippen LogP contribution in [0.25, 0.3) is 0 Å². The van der Waals surface area contributed by atoms with E-state index < -0.39 is 48.1 Å². The molecule has 1 heterocycles. The molecule has 0 spiro atoms. The van der Waals surface area contributed by atoms with Crippen LogP contribution in [0.4, 0.5) is 26.3 Å². The predicted octanol–water partition coefficient (Wildman–Crippen LogP) is 2.44. The van der Waals surface area contributed by atoms with Crippen molar-refractivity contribution in [1.82, 2.24) is 10.2 Å². The smallest absolute Gasteiger partial charge is 0.420 e. The molecule has 4 nitrogen and oxygen atoms in total. The fraction of sp³-hybridized carbons (Fsp3) is 0.500. The Morgan fingerprint density at radius 3 is 2.33 bits per heavy atom. The first kappa shape index (κ1) is 14.3. The molecule has 0 aromatic carbocycles. The van der Waals surface area contributed by atoms with Crippen LogP contribution in [0.3, 0.4) is 0 Å². The lowest BCUT2D eigenvalue weighted by Gasteiger charge is -2.12. The van der Waals surface area contributed by atoms with E-state index in [4.69, 9.17) is 5.11 Å². The normalized spacial score (nSPS) is 15.4. The zero-order chi connectivity index (χ0) is 14.1. The number of aromatic amines is 1. The maximum Gasteiger partial charge on any atom is 0.420 e. The van der Waals surface area contributed by atoms with E-state index in [1.165, 1.54) is 5.10 Å². The SMILES string of the molecule is O=C(O)c1[nH]nc(C(F)C(F)CF)c1C(F)(F)F. The number of nitrogens with one attached hydrogen (secondary N) is 1. The molecule has 2 N–H and O–H groups in total. The Morgan fingerprint density at radius 1 is 1.39 bits per heavy atom. The third-order valence-corrected chi connectivity index (χ3v) is 2.02. The van der Waals surface area contributed by atoms with Gasteiger partial charge in [0.2, 0.25) is 0 Å². The van der Waals surface area contributed by atoms with Crippen molar-refractivity contribution < 1.29 is 36.2 Å². The molecular formula is C8H6F6N2O2. The Bertz CT molecular complexity index is 443. The lowest BCUT2D eigenvalue weighted by molar-refractivity contribution is -0.139. The predicted molar refractivity (Wildman–Crippen MR) is 45.3 cm³/mol.